The Balaban J connectivity index is 3.03. The molecule has 254 valence electrons. The van der Waals surface area contributed by atoms with Crippen LogP contribution in [0.5, 0.6) is 0 Å². The van der Waals surface area contributed by atoms with Crippen molar-refractivity contribution in [1.82, 2.24) is 0 Å². The lowest BCUT2D eigenvalue weighted by atomic mass is 10.0. The van der Waals surface area contributed by atoms with E-state index in [4.69, 9.17) is 0 Å². The van der Waals surface area contributed by atoms with Crippen molar-refractivity contribution in [3.8, 4) is 0 Å². The molecule has 0 aliphatic heterocycles. The fourth-order valence-corrected chi connectivity index (χ4v) is 6.56. The molecular weight excluding hydrogens is 518 g/mol. The molecule has 42 heavy (non-hydrogen) atoms. The summed E-state index contributed by atoms with van der Waals surface area (Å²) < 4.78 is 24.2. The molecule has 0 aromatic carbocycles. The molecule has 0 aromatic heterocycles. The van der Waals surface area contributed by atoms with Gasteiger partial charge in [0.05, 0.1) is 0 Å². The smallest absolute Gasteiger partial charge is 0.211 e. The van der Waals surface area contributed by atoms with Crippen molar-refractivity contribution in [1.29, 1.82) is 0 Å². The van der Waals surface area contributed by atoms with Gasteiger partial charge in [0.2, 0.25) is 6.43 Å². The normalized spacial score (nSPS) is 11.7. The highest BCUT2D eigenvalue weighted by Crippen LogP contribution is 2.17. The summed E-state index contributed by atoms with van der Waals surface area (Å²) in [6.07, 6.45) is 49.9. The van der Waals surface area contributed by atoms with Crippen molar-refractivity contribution < 1.29 is 8.78 Å². The minimum atomic E-state index is -2.10. The third kappa shape index (κ3) is 39.9. The number of unbranched alkanes of at least 4 members (excludes halogenated alkanes) is 36. The van der Waals surface area contributed by atoms with Gasteiger partial charge in [-0.1, -0.05) is 238 Å². The Morgan fingerprint density at radius 3 is 0.524 bits per heavy atom. The third-order valence-electron chi connectivity index (χ3n) is 9.53. The molecule has 0 amide bonds. The van der Waals surface area contributed by atoms with E-state index in [1.807, 2.05) is 0 Å². The Bertz CT molecular complexity index is 449. The van der Waals surface area contributed by atoms with Gasteiger partial charge in [-0.2, -0.15) is 0 Å². The summed E-state index contributed by atoms with van der Waals surface area (Å²) in [6.45, 7) is 2.30. The van der Waals surface area contributed by atoms with E-state index in [0.717, 1.165) is 12.8 Å². The molecule has 0 aliphatic carbocycles. The van der Waals surface area contributed by atoms with Crippen LogP contribution in [-0.2, 0) is 0 Å². The van der Waals surface area contributed by atoms with Crippen LogP contribution in [0.4, 0.5) is 8.78 Å². The zero-order valence-corrected chi connectivity index (χ0v) is 29.2. The average Bonchev–Trinajstić information content (AvgIpc) is 2.98. The summed E-state index contributed by atoms with van der Waals surface area (Å²) in [7, 11) is 0. The van der Waals surface area contributed by atoms with E-state index in [1.165, 1.54) is 218 Å². The van der Waals surface area contributed by atoms with E-state index in [9.17, 15) is 8.78 Å². The van der Waals surface area contributed by atoms with Gasteiger partial charge in [0.15, 0.2) is 0 Å². The van der Waals surface area contributed by atoms with Gasteiger partial charge in [-0.3, -0.25) is 0 Å². The average molecular weight is 599 g/mol. The Morgan fingerprint density at radius 2 is 0.381 bits per heavy atom. The molecule has 0 bridgehead atoms. The summed E-state index contributed by atoms with van der Waals surface area (Å²) in [5.41, 5.74) is 0. The van der Waals surface area contributed by atoms with E-state index in [-0.39, 0.29) is 6.42 Å². The van der Waals surface area contributed by atoms with Crippen molar-refractivity contribution in [3.05, 3.63) is 0 Å². The van der Waals surface area contributed by atoms with Gasteiger partial charge in [-0.15, -0.1) is 0 Å². The number of hydrogen-bond acceptors (Lipinski definition) is 0. The maximum Gasteiger partial charge on any atom is 0.238 e. The Kier molecular flexibility index (Phi) is 38.8. The minimum absolute atomic E-state index is 0.0969. The minimum Gasteiger partial charge on any atom is -0.211 e. The van der Waals surface area contributed by atoms with Crippen molar-refractivity contribution in [2.75, 3.05) is 0 Å². The largest absolute Gasteiger partial charge is 0.238 e. The van der Waals surface area contributed by atoms with Gasteiger partial charge in [0.1, 0.15) is 0 Å². The van der Waals surface area contributed by atoms with Crippen LogP contribution in [-0.4, -0.2) is 6.43 Å². The first-order valence-electron chi connectivity index (χ1n) is 20.1. The molecule has 0 saturated carbocycles. The van der Waals surface area contributed by atoms with Crippen LogP contribution in [0.1, 0.15) is 251 Å². The number of alkyl halides is 2. The van der Waals surface area contributed by atoms with Crippen molar-refractivity contribution in [3.63, 3.8) is 0 Å². The molecular formula is C40H80F2. The first-order valence-corrected chi connectivity index (χ1v) is 20.1. The first-order chi connectivity index (χ1) is 20.8. The molecule has 0 atom stereocenters. The van der Waals surface area contributed by atoms with E-state index >= 15 is 0 Å². The highest BCUT2D eigenvalue weighted by molar-refractivity contribution is 4.53. The molecule has 0 spiro atoms. The summed E-state index contributed by atoms with van der Waals surface area (Å²) in [5, 5.41) is 0. The van der Waals surface area contributed by atoms with Gasteiger partial charge in [-0.05, 0) is 6.42 Å². The quantitative estimate of drug-likeness (QED) is 0.0620. The van der Waals surface area contributed by atoms with Crippen LogP contribution >= 0.6 is 0 Å². The van der Waals surface area contributed by atoms with Crippen LogP contribution in [0.3, 0.4) is 0 Å². The van der Waals surface area contributed by atoms with E-state index in [2.05, 4.69) is 6.92 Å². The highest BCUT2D eigenvalue weighted by atomic mass is 19.3. The molecule has 0 fully saturated rings. The van der Waals surface area contributed by atoms with E-state index in [0.29, 0.717) is 6.42 Å². The molecule has 0 aromatic rings. The lowest BCUT2D eigenvalue weighted by Gasteiger charge is -2.05. The van der Waals surface area contributed by atoms with Gasteiger partial charge < -0.3 is 0 Å². The molecule has 2 heteroatoms. The van der Waals surface area contributed by atoms with Crippen LogP contribution in [0.2, 0.25) is 0 Å². The van der Waals surface area contributed by atoms with Gasteiger partial charge in [-0.25, -0.2) is 8.78 Å². The summed E-state index contributed by atoms with van der Waals surface area (Å²) >= 11 is 0. The second kappa shape index (κ2) is 38.9. The van der Waals surface area contributed by atoms with Gasteiger partial charge in [0, 0.05) is 6.42 Å². The van der Waals surface area contributed by atoms with Crippen molar-refractivity contribution in [2.45, 2.75) is 257 Å². The molecule has 0 unspecified atom stereocenters. The molecule has 0 N–H and O–H groups in total. The third-order valence-corrected chi connectivity index (χ3v) is 9.53. The summed E-state index contributed by atoms with van der Waals surface area (Å²) in [5.74, 6) is 0. The standard InChI is InChI=1S/C40H80F2/c1-2-3-4-5-6-7-8-9-10-11-12-13-14-15-16-17-18-19-20-21-22-23-24-25-26-27-28-29-30-31-32-33-34-35-36-37-38-39-40(41)42/h40H,2-39H2,1H3. The monoisotopic (exact) mass is 599 g/mol. The molecule has 0 saturated heterocycles. The summed E-state index contributed by atoms with van der Waals surface area (Å²) in [4.78, 5) is 0. The van der Waals surface area contributed by atoms with Crippen molar-refractivity contribution >= 4 is 0 Å². The second-order valence-electron chi connectivity index (χ2n) is 13.9. The van der Waals surface area contributed by atoms with Crippen molar-refractivity contribution in [2.24, 2.45) is 0 Å². The molecule has 0 aliphatic rings. The molecule has 0 rings (SSSR count). The van der Waals surface area contributed by atoms with Crippen LogP contribution < -0.4 is 0 Å². The molecule has 0 radical (unpaired) electrons. The number of halogens is 2. The Labute approximate surface area is 265 Å². The summed E-state index contributed by atoms with van der Waals surface area (Å²) in [6, 6.07) is 0. The predicted molar refractivity (Wildman–Crippen MR) is 187 cm³/mol. The maximum absolute atomic E-state index is 12.1. The van der Waals surface area contributed by atoms with E-state index < -0.39 is 6.43 Å². The fourth-order valence-electron chi connectivity index (χ4n) is 6.56. The molecule has 0 heterocycles. The first kappa shape index (κ1) is 41.9. The highest BCUT2D eigenvalue weighted by Gasteiger charge is 2.01. The van der Waals surface area contributed by atoms with Crippen LogP contribution in [0, 0.1) is 0 Å². The van der Waals surface area contributed by atoms with Crippen LogP contribution in [0.15, 0.2) is 0 Å². The lowest BCUT2D eigenvalue weighted by Crippen LogP contribution is -1.89. The predicted octanol–water partition coefficient (Wildman–Crippen LogP) is 16.1. The fraction of sp³-hybridized carbons (Fsp3) is 1.00. The second-order valence-corrected chi connectivity index (χ2v) is 13.9. The van der Waals surface area contributed by atoms with Crippen LogP contribution in [0.25, 0.3) is 0 Å². The lowest BCUT2D eigenvalue weighted by molar-refractivity contribution is 0.133. The van der Waals surface area contributed by atoms with Gasteiger partial charge >= 0.3 is 0 Å². The van der Waals surface area contributed by atoms with Gasteiger partial charge in [0.25, 0.3) is 0 Å². The zero-order valence-electron chi connectivity index (χ0n) is 29.2. The van der Waals surface area contributed by atoms with E-state index in [1.54, 1.807) is 0 Å². The molecule has 0 nitrogen and oxygen atoms in total. The Hall–Kier alpha value is -0.140. The Morgan fingerprint density at radius 1 is 0.238 bits per heavy atom. The topological polar surface area (TPSA) is 0 Å². The number of hydrogen-bond donors (Lipinski definition) is 0. The SMILES string of the molecule is CCCCCCCCCCCCCCCCCCCCCCCCCCCCCCCCCCCCCCCC(F)F. The zero-order chi connectivity index (χ0) is 30.4. The number of rotatable bonds is 38. The maximum atomic E-state index is 12.1.